The summed E-state index contributed by atoms with van der Waals surface area (Å²) in [5.74, 6) is -4.72. The number of allylic oxidation sites excluding steroid dienone is 4. The van der Waals surface area contributed by atoms with Gasteiger partial charge in [-0.3, -0.25) is 0 Å². The Hall–Kier alpha value is -1.51. The number of hydrogen-bond donors (Lipinski definition) is 0. The summed E-state index contributed by atoms with van der Waals surface area (Å²) in [6.45, 7) is 0. The van der Waals surface area contributed by atoms with Crippen molar-refractivity contribution in [1.82, 2.24) is 0 Å². The van der Waals surface area contributed by atoms with E-state index in [0.717, 1.165) is 6.08 Å². The summed E-state index contributed by atoms with van der Waals surface area (Å²) in [7, 11) is 0. The van der Waals surface area contributed by atoms with Crippen molar-refractivity contribution in [3.63, 3.8) is 0 Å². The molecule has 0 aliphatic heterocycles. The van der Waals surface area contributed by atoms with Crippen molar-refractivity contribution in [2.45, 2.75) is 12.3 Å². The highest BCUT2D eigenvalue weighted by Crippen LogP contribution is 2.38. The predicted octanol–water partition coefficient (Wildman–Crippen LogP) is 3.96. The summed E-state index contributed by atoms with van der Waals surface area (Å²) < 4.78 is 38.8. The van der Waals surface area contributed by atoms with E-state index in [1.807, 2.05) is 0 Å². The van der Waals surface area contributed by atoms with Crippen LogP contribution in [-0.2, 0) is 0 Å². The zero-order valence-electron chi connectivity index (χ0n) is 7.88. The fraction of sp³-hybridized carbons (Fsp3) is 0.167. The Morgan fingerprint density at radius 1 is 1.00 bits per heavy atom. The van der Waals surface area contributed by atoms with E-state index in [2.05, 4.69) is 0 Å². The summed E-state index contributed by atoms with van der Waals surface area (Å²) in [6.07, 6.45) is 1.67. The molecule has 1 aliphatic carbocycles. The first-order valence-corrected chi connectivity index (χ1v) is 4.60. The van der Waals surface area contributed by atoms with Gasteiger partial charge in [-0.05, 0) is 17.2 Å². The predicted molar refractivity (Wildman–Crippen MR) is 53.2 cm³/mol. The number of halogens is 3. The largest absolute Gasteiger partial charge is 0.302 e. The minimum atomic E-state index is -3.36. The van der Waals surface area contributed by atoms with E-state index in [4.69, 9.17) is 0 Å². The minimum Gasteiger partial charge on any atom is -0.205 e. The summed E-state index contributed by atoms with van der Waals surface area (Å²) in [4.78, 5) is 0. The lowest BCUT2D eigenvalue weighted by molar-refractivity contribution is 0.0226. The van der Waals surface area contributed by atoms with Crippen molar-refractivity contribution in [2.24, 2.45) is 0 Å². The fourth-order valence-corrected chi connectivity index (χ4v) is 1.53. The van der Waals surface area contributed by atoms with Crippen LogP contribution in [0.5, 0.6) is 0 Å². The van der Waals surface area contributed by atoms with Gasteiger partial charge in [0.1, 0.15) is 0 Å². The quantitative estimate of drug-likeness (QED) is 0.658. The first kappa shape index (κ1) is 10.0. The average Bonchev–Trinajstić information content (AvgIpc) is 2.23. The molecule has 3 heteroatoms. The Labute approximate surface area is 85.7 Å². The standard InChI is InChI=1S/C12H9F3/c13-11-7-6-10(8-12(11,14)15)9-4-2-1-3-5-9/h1-7H,8H2. The van der Waals surface area contributed by atoms with E-state index in [0.29, 0.717) is 11.1 Å². The van der Waals surface area contributed by atoms with Crippen molar-refractivity contribution in [2.75, 3.05) is 0 Å². The van der Waals surface area contributed by atoms with Crippen molar-refractivity contribution >= 4 is 5.57 Å². The van der Waals surface area contributed by atoms with Crippen LogP contribution in [0.4, 0.5) is 13.2 Å². The van der Waals surface area contributed by atoms with E-state index in [1.54, 1.807) is 30.3 Å². The van der Waals surface area contributed by atoms with Crippen LogP contribution in [0.2, 0.25) is 0 Å². The van der Waals surface area contributed by atoms with Crippen LogP contribution in [0.15, 0.2) is 48.3 Å². The van der Waals surface area contributed by atoms with E-state index < -0.39 is 18.2 Å². The second-order valence-electron chi connectivity index (χ2n) is 3.45. The van der Waals surface area contributed by atoms with Crippen molar-refractivity contribution < 1.29 is 13.2 Å². The first-order chi connectivity index (χ1) is 7.09. The molecule has 0 spiro atoms. The molecule has 78 valence electrons. The fourth-order valence-electron chi connectivity index (χ4n) is 1.53. The van der Waals surface area contributed by atoms with Crippen LogP contribution in [0.25, 0.3) is 5.57 Å². The Balaban J connectivity index is 2.35. The number of rotatable bonds is 1. The molecule has 1 aromatic carbocycles. The third-order valence-electron chi connectivity index (χ3n) is 2.34. The molecule has 0 fully saturated rings. The zero-order chi connectivity index (χ0) is 10.9. The minimum absolute atomic E-state index is 0.460. The van der Waals surface area contributed by atoms with Crippen molar-refractivity contribution in [1.29, 1.82) is 0 Å². The van der Waals surface area contributed by atoms with Gasteiger partial charge in [0.25, 0.3) is 0 Å². The molecule has 0 heterocycles. The molecule has 0 nitrogen and oxygen atoms in total. The summed E-state index contributed by atoms with van der Waals surface area (Å²) >= 11 is 0. The van der Waals surface area contributed by atoms with Gasteiger partial charge in [-0.2, -0.15) is 8.78 Å². The Bertz CT molecular complexity index is 416. The molecule has 1 aliphatic rings. The molecule has 0 saturated heterocycles. The van der Waals surface area contributed by atoms with Crippen molar-refractivity contribution in [3.8, 4) is 0 Å². The van der Waals surface area contributed by atoms with E-state index in [9.17, 15) is 13.2 Å². The number of hydrogen-bond acceptors (Lipinski definition) is 0. The molecule has 2 rings (SSSR count). The summed E-state index contributed by atoms with van der Waals surface area (Å²) in [5, 5.41) is 0. The second kappa shape index (κ2) is 3.57. The van der Waals surface area contributed by atoms with E-state index in [1.165, 1.54) is 6.08 Å². The third kappa shape index (κ3) is 1.96. The second-order valence-corrected chi connectivity index (χ2v) is 3.45. The maximum Gasteiger partial charge on any atom is 0.302 e. The Kier molecular flexibility index (Phi) is 2.39. The molecule has 15 heavy (non-hydrogen) atoms. The third-order valence-corrected chi connectivity index (χ3v) is 2.34. The highest BCUT2D eigenvalue weighted by atomic mass is 19.3. The molecule has 1 aromatic rings. The zero-order valence-corrected chi connectivity index (χ0v) is 7.88. The monoisotopic (exact) mass is 210 g/mol. The van der Waals surface area contributed by atoms with Gasteiger partial charge in [0, 0.05) is 6.42 Å². The van der Waals surface area contributed by atoms with Gasteiger partial charge in [-0.15, -0.1) is 0 Å². The molecule has 0 radical (unpaired) electrons. The summed E-state index contributed by atoms with van der Waals surface area (Å²) in [6, 6.07) is 8.81. The van der Waals surface area contributed by atoms with Crippen LogP contribution < -0.4 is 0 Å². The first-order valence-electron chi connectivity index (χ1n) is 4.60. The van der Waals surface area contributed by atoms with Crippen molar-refractivity contribution in [3.05, 3.63) is 53.9 Å². The van der Waals surface area contributed by atoms with Crippen LogP contribution >= 0.6 is 0 Å². The smallest absolute Gasteiger partial charge is 0.205 e. The molecular formula is C12H9F3. The normalized spacial score (nSPS) is 19.4. The van der Waals surface area contributed by atoms with Gasteiger partial charge >= 0.3 is 5.92 Å². The maximum atomic E-state index is 13.0. The van der Waals surface area contributed by atoms with Gasteiger partial charge in [0.15, 0.2) is 5.83 Å². The highest BCUT2D eigenvalue weighted by Gasteiger charge is 2.37. The van der Waals surface area contributed by atoms with Crippen LogP contribution in [-0.4, -0.2) is 5.92 Å². The average molecular weight is 210 g/mol. The van der Waals surface area contributed by atoms with E-state index in [-0.39, 0.29) is 0 Å². The molecule has 0 bridgehead atoms. The van der Waals surface area contributed by atoms with Crippen LogP contribution in [0.1, 0.15) is 12.0 Å². The molecule has 0 atom stereocenters. The van der Waals surface area contributed by atoms with Gasteiger partial charge in [0.05, 0.1) is 0 Å². The van der Waals surface area contributed by atoms with Crippen LogP contribution in [0, 0.1) is 0 Å². The molecule has 0 aromatic heterocycles. The Morgan fingerprint density at radius 3 is 2.27 bits per heavy atom. The highest BCUT2D eigenvalue weighted by molar-refractivity contribution is 5.69. The SMILES string of the molecule is FC1=CC=C(c2ccccc2)CC1(F)F. The van der Waals surface area contributed by atoms with E-state index >= 15 is 0 Å². The number of benzene rings is 1. The lowest BCUT2D eigenvalue weighted by Gasteiger charge is -2.19. The lowest BCUT2D eigenvalue weighted by atomic mass is 9.95. The molecule has 0 saturated carbocycles. The van der Waals surface area contributed by atoms with Gasteiger partial charge in [-0.25, -0.2) is 4.39 Å². The van der Waals surface area contributed by atoms with Gasteiger partial charge in [0.2, 0.25) is 0 Å². The maximum absolute atomic E-state index is 13.0. The van der Waals surface area contributed by atoms with Gasteiger partial charge in [-0.1, -0.05) is 36.4 Å². The van der Waals surface area contributed by atoms with Gasteiger partial charge < -0.3 is 0 Å². The van der Waals surface area contributed by atoms with Crippen LogP contribution in [0.3, 0.4) is 0 Å². The Morgan fingerprint density at radius 2 is 1.67 bits per heavy atom. The topological polar surface area (TPSA) is 0 Å². The summed E-state index contributed by atoms with van der Waals surface area (Å²) in [5.41, 5.74) is 1.17. The molecular weight excluding hydrogens is 201 g/mol. The number of alkyl halides is 2. The molecule has 0 N–H and O–H groups in total. The lowest BCUT2D eigenvalue weighted by Crippen LogP contribution is -2.19. The molecule has 0 unspecified atom stereocenters. The molecule has 0 amide bonds.